The predicted molar refractivity (Wildman–Crippen MR) is 127 cm³/mol. The van der Waals surface area contributed by atoms with Gasteiger partial charge in [-0.3, -0.25) is 14.5 Å². The van der Waals surface area contributed by atoms with Crippen LogP contribution in [-0.4, -0.2) is 24.6 Å². The van der Waals surface area contributed by atoms with E-state index in [2.05, 4.69) is 12.2 Å². The van der Waals surface area contributed by atoms with E-state index in [9.17, 15) is 9.59 Å². The number of hydrogen-bond acceptors (Lipinski definition) is 5. The van der Waals surface area contributed by atoms with Gasteiger partial charge in [-0.15, -0.1) is 0 Å². The first-order valence-electron chi connectivity index (χ1n) is 11.8. The molecule has 1 atom stereocenters. The van der Waals surface area contributed by atoms with Crippen molar-refractivity contribution in [3.8, 4) is 11.5 Å². The Morgan fingerprint density at radius 2 is 1.79 bits per heavy atom. The van der Waals surface area contributed by atoms with Gasteiger partial charge < -0.3 is 19.2 Å². The average Bonchev–Trinajstić information content (AvgIpc) is 3.64. The molecule has 2 aliphatic rings. The lowest BCUT2D eigenvalue weighted by atomic mass is 9.99. The summed E-state index contributed by atoms with van der Waals surface area (Å²) in [5.74, 6) is 0.671. The van der Waals surface area contributed by atoms with E-state index in [1.54, 1.807) is 30.3 Å². The van der Waals surface area contributed by atoms with Crippen molar-refractivity contribution in [2.75, 3.05) is 11.7 Å². The zero-order valence-electron chi connectivity index (χ0n) is 19.2. The van der Waals surface area contributed by atoms with Gasteiger partial charge in [0.15, 0.2) is 17.3 Å². The van der Waals surface area contributed by atoms with Crippen LogP contribution in [0.15, 0.2) is 65.3 Å². The standard InChI is InChI=1S/C27H28N2O5/c1-2-18-9-11-19(12-10-18)25(26(30)28-20-6-3-4-7-20)29(27(31)23-8-5-15-32-23)21-13-14-22-24(16-21)34-17-33-22/h5,8-16,20,25H,2-4,6-7,17H2,1H3,(H,28,30). The number of carbonyl (C=O) groups is 2. The van der Waals surface area contributed by atoms with Crippen LogP contribution in [0.3, 0.4) is 0 Å². The fourth-order valence-corrected chi connectivity index (χ4v) is 4.64. The summed E-state index contributed by atoms with van der Waals surface area (Å²) in [6.45, 7) is 2.20. The van der Waals surface area contributed by atoms with Crippen molar-refractivity contribution in [2.24, 2.45) is 0 Å². The summed E-state index contributed by atoms with van der Waals surface area (Å²) in [7, 11) is 0. The van der Waals surface area contributed by atoms with E-state index in [1.807, 2.05) is 24.3 Å². The predicted octanol–water partition coefficient (Wildman–Crippen LogP) is 5.02. The Bertz CT molecular complexity index is 1150. The topological polar surface area (TPSA) is 81.0 Å². The van der Waals surface area contributed by atoms with Crippen molar-refractivity contribution >= 4 is 17.5 Å². The van der Waals surface area contributed by atoms with Gasteiger partial charge in [0.25, 0.3) is 5.91 Å². The number of aryl methyl sites for hydroxylation is 1. The number of hydrogen-bond donors (Lipinski definition) is 1. The van der Waals surface area contributed by atoms with Gasteiger partial charge in [-0.2, -0.15) is 0 Å². The zero-order valence-corrected chi connectivity index (χ0v) is 19.2. The highest BCUT2D eigenvalue weighted by molar-refractivity contribution is 6.08. The molecule has 1 unspecified atom stereocenters. The molecule has 176 valence electrons. The maximum atomic E-state index is 13.8. The van der Waals surface area contributed by atoms with Crippen LogP contribution in [0.5, 0.6) is 11.5 Å². The maximum absolute atomic E-state index is 13.8. The Kier molecular flexibility index (Phi) is 6.25. The second-order valence-corrected chi connectivity index (χ2v) is 8.68. The van der Waals surface area contributed by atoms with Crippen LogP contribution in [0.25, 0.3) is 0 Å². The molecule has 7 heteroatoms. The number of anilines is 1. The van der Waals surface area contributed by atoms with Crippen LogP contribution in [0, 0.1) is 0 Å². The second-order valence-electron chi connectivity index (χ2n) is 8.68. The number of furan rings is 1. The molecule has 1 aliphatic carbocycles. The van der Waals surface area contributed by atoms with Crippen LogP contribution < -0.4 is 19.7 Å². The molecule has 1 N–H and O–H groups in total. The molecule has 2 aromatic carbocycles. The van der Waals surface area contributed by atoms with Crippen LogP contribution >= 0.6 is 0 Å². The summed E-state index contributed by atoms with van der Waals surface area (Å²) in [4.78, 5) is 29.0. The largest absolute Gasteiger partial charge is 0.459 e. The minimum atomic E-state index is -0.885. The normalized spacial score (nSPS) is 15.8. The Morgan fingerprint density at radius 1 is 1.03 bits per heavy atom. The highest BCUT2D eigenvalue weighted by Gasteiger charge is 2.36. The Morgan fingerprint density at radius 3 is 2.50 bits per heavy atom. The van der Waals surface area contributed by atoms with Gasteiger partial charge in [0.1, 0.15) is 6.04 Å². The number of nitrogens with one attached hydrogen (secondary N) is 1. The van der Waals surface area contributed by atoms with Gasteiger partial charge in [-0.25, -0.2) is 0 Å². The Labute approximate surface area is 198 Å². The number of ether oxygens (including phenoxy) is 2. The monoisotopic (exact) mass is 460 g/mol. The molecule has 7 nitrogen and oxygen atoms in total. The highest BCUT2D eigenvalue weighted by Crippen LogP contribution is 2.39. The van der Waals surface area contributed by atoms with Gasteiger partial charge in [0.2, 0.25) is 12.7 Å². The number of amides is 2. The Hall–Kier alpha value is -3.74. The van der Waals surface area contributed by atoms with E-state index >= 15 is 0 Å². The third-order valence-electron chi connectivity index (χ3n) is 6.50. The summed E-state index contributed by atoms with van der Waals surface area (Å²) in [5, 5.41) is 3.19. The van der Waals surface area contributed by atoms with Crippen molar-refractivity contribution in [3.63, 3.8) is 0 Å². The van der Waals surface area contributed by atoms with E-state index in [0.717, 1.165) is 43.2 Å². The SMILES string of the molecule is CCc1ccc(C(C(=O)NC2CCCC2)N(C(=O)c2ccco2)c2ccc3c(c2)OCO3)cc1. The molecule has 0 bridgehead atoms. The molecule has 1 saturated carbocycles. The fourth-order valence-electron chi connectivity index (χ4n) is 4.64. The summed E-state index contributed by atoms with van der Waals surface area (Å²) in [6, 6.07) is 15.6. The molecule has 2 heterocycles. The van der Waals surface area contributed by atoms with Gasteiger partial charge in [0.05, 0.1) is 6.26 Å². The molecule has 1 fully saturated rings. The number of nitrogens with zero attached hydrogens (tertiary/aromatic N) is 1. The minimum Gasteiger partial charge on any atom is -0.459 e. The van der Waals surface area contributed by atoms with Crippen molar-refractivity contribution in [2.45, 2.75) is 51.1 Å². The Balaban J connectivity index is 1.60. The van der Waals surface area contributed by atoms with Crippen molar-refractivity contribution < 1.29 is 23.5 Å². The summed E-state index contributed by atoms with van der Waals surface area (Å²) in [5.41, 5.74) is 2.41. The first-order chi connectivity index (χ1) is 16.6. The fraction of sp³-hybridized carbons (Fsp3) is 0.333. The molecule has 1 aliphatic heterocycles. The third kappa shape index (κ3) is 4.38. The number of fused-ring (bicyclic) bond motifs is 1. The smallest absolute Gasteiger partial charge is 0.294 e. The van der Waals surface area contributed by atoms with Gasteiger partial charge in [-0.05, 0) is 54.7 Å². The summed E-state index contributed by atoms with van der Waals surface area (Å²) < 4.78 is 16.5. The van der Waals surface area contributed by atoms with Crippen molar-refractivity contribution in [1.29, 1.82) is 0 Å². The summed E-state index contributed by atoms with van der Waals surface area (Å²) >= 11 is 0. The van der Waals surface area contributed by atoms with E-state index < -0.39 is 11.9 Å². The molecule has 34 heavy (non-hydrogen) atoms. The zero-order chi connectivity index (χ0) is 23.5. The molecule has 0 saturated heterocycles. The third-order valence-corrected chi connectivity index (χ3v) is 6.50. The van der Waals surface area contributed by atoms with Gasteiger partial charge in [0, 0.05) is 17.8 Å². The van der Waals surface area contributed by atoms with Crippen LogP contribution in [0.2, 0.25) is 0 Å². The van der Waals surface area contributed by atoms with Crippen LogP contribution in [0.1, 0.15) is 60.3 Å². The first kappa shape index (κ1) is 22.1. The lowest BCUT2D eigenvalue weighted by Crippen LogP contribution is -2.46. The van der Waals surface area contributed by atoms with E-state index in [-0.39, 0.29) is 24.5 Å². The lowest BCUT2D eigenvalue weighted by molar-refractivity contribution is -0.123. The molecule has 1 aromatic heterocycles. The lowest BCUT2D eigenvalue weighted by Gasteiger charge is -2.32. The molecular formula is C27H28N2O5. The summed E-state index contributed by atoms with van der Waals surface area (Å²) in [6.07, 6.45) is 6.42. The quantitative estimate of drug-likeness (QED) is 0.536. The van der Waals surface area contributed by atoms with E-state index in [1.165, 1.54) is 11.2 Å². The highest BCUT2D eigenvalue weighted by atomic mass is 16.7. The molecule has 2 amide bonds. The molecule has 0 spiro atoms. The number of carbonyl (C=O) groups excluding carboxylic acids is 2. The van der Waals surface area contributed by atoms with Crippen molar-refractivity contribution in [3.05, 3.63) is 77.7 Å². The average molecular weight is 461 g/mol. The maximum Gasteiger partial charge on any atom is 0.294 e. The second kappa shape index (κ2) is 9.63. The van der Waals surface area contributed by atoms with Crippen LogP contribution in [0.4, 0.5) is 5.69 Å². The van der Waals surface area contributed by atoms with E-state index in [4.69, 9.17) is 13.9 Å². The molecule has 0 radical (unpaired) electrons. The minimum absolute atomic E-state index is 0.113. The number of benzene rings is 2. The van der Waals surface area contributed by atoms with Crippen molar-refractivity contribution in [1.82, 2.24) is 5.32 Å². The molecular weight excluding hydrogens is 432 g/mol. The molecule has 3 aromatic rings. The number of rotatable bonds is 7. The first-order valence-corrected chi connectivity index (χ1v) is 11.8. The van der Waals surface area contributed by atoms with Crippen LogP contribution in [-0.2, 0) is 11.2 Å². The van der Waals surface area contributed by atoms with E-state index in [0.29, 0.717) is 17.2 Å². The van der Waals surface area contributed by atoms with Gasteiger partial charge in [-0.1, -0.05) is 44.0 Å². The molecule has 5 rings (SSSR count). The van der Waals surface area contributed by atoms with Gasteiger partial charge >= 0.3 is 0 Å².